The molecular weight excluding hydrogens is 534 g/mol. The second kappa shape index (κ2) is 10.3. The van der Waals surface area contributed by atoms with Gasteiger partial charge in [-0.25, -0.2) is 13.4 Å². The third kappa shape index (κ3) is 5.10. The van der Waals surface area contributed by atoms with E-state index in [0.29, 0.717) is 15.9 Å². The van der Waals surface area contributed by atoms with Gasteiger partial charge >= 0.3 is 0 Å². The van der Waals surface area contributed by atoms with E-state index < -0.39 is 22.0 Å². The predicted molar refractivity (Wildman–Crippen MR) is 144 cm³/mol. The molecule has 0 aliphatic carbocycles. The van der Waals surface area contributed by atoms with Crippen LogP contribution in [0.25, 0.3) is 10.8 Å². The van der Waals surface area contributed by atoms with Gasteiger partial charge in [-0.15, -0.1) is 11.3 Å². The highest BCUT2D eigenvalue weighted by Crippen LogP contribution is 2.32. The summed E-state index contributed by atoms with van der Waals surface area (Å²) in [7, 11) is -0.351. The van der Waals surface area contributed by atoms with Crippen LogP contribution in [0.5, 0.6) is 0 Å². The number of likely N-dealkylation sites (N-methyl/N-ethyl adjacent to an activating group) is 2. The number of hydrogen-bond donors (Lipinski definition) is 1. The van der Waals surface area contributed by atoms with Crippen LogP contribution in [0, 0.1) is 0 Å². The number of amides is 2. The molecule has 0 saturated carbocycles. The van der Waals surface area contributed by atoms with Crippen molar-refractivity contribution in [3.63, 3.8) is 0 Å². The van der Waals surface area contributed by atoms with Gasteiger partial charge in [0.25, 0.3) is 5.91 Å². The highest BCUT2D eigenvalue weighted by molar-refractivity contribution is 7.89. The number of piperazine rings is 1. The quantitative estimate of drug-likeness (QED) is 0.514. The molecule has 37 heavy (non-hydrogen) atoms. The number of sulfonamides is 1. The Bertz CT molecular complexity index is 1460. The van der Waals surface area contributed by atoms with Crippen LogP contribution >= 0.6 is 22.9 Å². The summed E-state index contributed by atoms with van der Waals surface area (Å²) in [6.07, 6.45) is 2.77. The zero-order chi connectivity index (χ0) is 26.3. The first-order chi connectivity index (χ1) is 17.7. The fourth-order valence-corrected chi connectivity index (χ4v) is 7.63. The Hall–Kier alpha value is -2.57. The highest BCUT2D eigenvalue weighted by atomic mass is 35.5. The van der Waals surface area contributed by atoms with Crippen molar-refractivity contribution in [3.05, 3.63) is 57.5 Å². The van der Waals surface area contributed by atoms with Crippen LogP contribution in [0.15, 0.2) is 47.5 Å². The van der Waals surface area contributed by atoms with E-state index in [9.17, 15) is 18.0 Å². The van der Waals surface area contributed by atoms with E-state index in [-0.39, 0.29) is 30.4 Å². The van der Waals surface area contributed by atoms with Gasteiger partial charge in [-0.05, 0) is 55.1 Å². The van der Waals surface area contributed by atoms with Crippen LogP contribution in [-0.2, 0) is 14.8 Å². The molecule has 196 valence electrons. The van der Waals surface area contributed by atoms with Crippen LogP contribution in [0.2, 0.25) is 5.02 Å². The average Bonchev–Trinajstić information content (AvgIpc) is 3.56. The maximum absolute atomic E-state index is 13.5. The molecule has 2 atom stereocenters. The molecule has 2 fully saturated rings. The lowest BCUT2D eigenvalue weighted by atomic mass is 10.1. The number of thiazole rings is 1. The maximum atomic E-state index is 13.5. The highest BCUT2D eigenvalue weighted by Gasteiger charge is 2.40. The number of likely N-dealkylation sites (tertiary alicyclic amines) is 1. The summed E-state index contributed by atoms with van der Waals surface area (Å²) in [5, 5.41) is 5.05. The molecule has 2 aliphatic heterocycles. The Morgan fingerprint density at radius 1 is 1.08 bits per heavy atom. The molecule has 9 nitrogen and oxygen atoms in total. The number of nitrogens with one attached hydrogen (secondary N) is 1. The number of hydrogen-bond acceptors (Lipinski definition) is 7. The number of rotatable bonds is 5. The monoisotopic (exact) mass is 561 g/mol. The van der Waals surface area contributed by atoms with E-state index in [4.69, 9.17) is 11.6 Å². The number of fused-ring (bicyclic) bond motifs is 1. The molecule has 5 rings (SSSR count). The fraction of sp³-hybridized carbons (Fsp3) is 0.400. The fourth-order valence-electron chi connectivity index (χ4n) is 4.98. The molecular formula is C25H28ClN5O4S2. The molecule has 2 unspecified atom stereocenters. The summed E-state index contributed by atoms with van der Waals surface area (Å²) in [6.45, 7) is 1.95. The van der Waals surface area contributed by atoms with E-state index in [0.717, 1.165) is 35.2 Å². The molecule has 0 spiro atoms. The van der Waals surface area contributed by atoms with Gasteiger partial charge in [0.1, 0.15) is 6.04 Å². The molecule has 0 radical (unpaired) electrons. The minimum atomic E-state index is -3.90. The van der Waals surface area contributed by atoms with Crippen LogP contribution < -0.4 is 5.32 Å². The van der Waals surface area contributed by atoms with Gasteiger partial charge in [0, 0.05) is 55.2 Å². The number of benzene rings is 2. The third-order valence-electron chi connectivity index (χ3n) is 7.06. The largest absolute Gasteiger partial charge is 0.357 e. The molecule has 12 heteroatoms. The van der Waals surface area contributed by atoms with Gasteiger partial charge < -0.3 is 15.1 Å². The molecule has 3 aromatic rings. The second-order valence-electron chi connectivity index (χ2n) is 9.46. The molecule has 3 heterocycles. The lowest BCUT2D eigenvalue weighted by Gasteiger charge is -2.39. The van der Waals surface area contributed by atoms with E-state index in [1.807, 2.05) is 0 Å². The van der Waals surface area contributed by atoms with Gasteiger partial charge in [0.15, 0.2) is 5.01 Å². The van der Waals surface area contributed by atoms with Gasteiger partial charge in [0.2, 0.25) is 15.9 Å². The first kappa shape index (κ1) is 26.1. The molecule has 0 bridgehead atoms. The van der Waals surface area contributed by atoms with E-state index in [2.05, 4.69) is 22.2 Å². The zero-order valence-electron chi connectivity index (χ0n) is 20.6. The van der Waals surface area contributed by atoms with E-state index in [1.54, 1.807) is 36.5 Å². The van der Waals surface area contributed by atoms with Gasteiger partial charge in [-0.1, -0.05) is 23.7 Å². The first-order valence-electron chi connectivity index (χ1n) is 12.0. The standard InChI is InChI=1S/C25H28ClN5O4S2/c1-27-23(32)21-15-30(37(34,35)20-6-4-16-11-19(26)5-3-17(16)12-20)9-10-31(21)25(33)24-28-13-22(36-24)18-7-8-29(2)14-18/h3-6,11-13,18,21H,7-10,14-15H2,1-2H3,(H,27,32). The molecule has 2 aliphatic rings. The zero-order valence-corrected chi connectivity index (χ0v) is 22.9. The van der Waals surface area contributed by atoms with Crippen molar-refractivity contribution in [3.8, 4) is 0 Å². The molecule has 2 aromatic carbocycles. The third-order valence-corrected chi connectivity index (χ3v) is 10.3. The van der Waals surface area contributed by atoms with Crippen LogP contribution in [0.4, 0.5) is 0 Å². The minimum absolute atomic E-state index is 0.0753. The van der Waals surface area contributed by atoms with Crippen molar-refractivity contribution in [2.45, 2.75) is 23.3 Å². The normalized spacial score (nSPS) is 21.4. The van der Waals surface area contributed by atoms with Crippen LogP contribution in [0.3, 0.4) is 0 Å². The molecule has 2 saturated heterocycles. The molecule has 2 amide bonds. The second-order valence-corrected chi connectivity index (χ2v) is 12.9. The average molecular weight is 562 g/mol. The molecule has 1 N–H and O–H groups in total. The topological polar surface area (TPSA) is 103 Å². The lowest BCUT2D eigenvalue weighted by molar-refractivity contribution is -0.126. The van der Waals surface area contributed by atoms with Gasteiger partial charge in [0.05, 0.1) is 4.90 Å². The Labute approximate surface area is 225 Å². The first-order valence-corrected chi connectivity index (χ1v) is 14.7. The lowest BCUT2D eigenvalue weighted by Crippen LogP contribution is -2.61. The Morgan fingerprint density at radius 3 is 2.57 bits per heavy atom. The van der Waals surface area contributed by atoms with Crippen molar-refractivity contribution in [2.24, 2.45) is 0 Å². The smallest absolute Gasteiger partial charge is 0.283 e. The van der Waals surface area contributed by atoms with Crippen molar-refractivity contribution in [1.82, 2.24) is 24.4 Å². The summed E-state index contributed by atoms with van der Waals surface area (Å²) < 4.78 is 28.3. The Morgan fingerprint density at radius 2 is 1.84 bits per heavy atom. The maximum Gasteiger partial charge on any atom is 0.283 e. The van der Waals surface area contributed by atoms with Gasteiger partial charge in [-0.3, -0.25) is 9.59 Å². The van der Waals surface area contributed by atoms with Crippen molar-refractivity contribution >= 4 is 55.5 Å². The van der Waals surface area contributed by atoms with E-state index >= 15 is 0 Å². The van der Waals surface area contributed by atoms with Crippen molar-refractivity contribution in [1.29, 1.82) is 0 Å². The summed E-state index contributed by atoms with van der Waals surface area (Å²) in [4.78, 5) is 35.5. The van der Waals surface area contributed by atoms with Crippen molar-refractivity contribution in [2.75, 3.05) is 46.8 Å². The molecule has 1 aromatic heterocycles. The Kier molecular flexibility index (Phi) is 7.25. The predicted octanol–water partition coefficient (Wildman–Crippen LogP) is 2.63. The minimum Gasteiger partial charge on any atom is -0.357 e. The Balaban J connectivity index is 1.37. The van der Waals surface area contributed by atoms with Crippen LogP contribution in [0.1, 0.15) is 27.0 Å². The number of aromatic nitrogens is 1. The number of carbonyl (C=O) groups excluding carboxylic acids is 2. The van der Waals surface area contributed by atoms with Gasteiger partial charge in [-0.2, -0.15) is 4.31 Å². The summed E-state index contributed by atoms with van der Waals surface area (Å²) >= 11 is 7.41. The summed E-state index contributed by atoms with van der Waals surface area (Å²) in [5.41, 5.74) is 0. The number of carbonyl (C=O) groups is 2. The van der Waals surface area contributed by atoms with Crippen molar-refractivity contribution < 1.29 is 18.0 Å². The number of halogens is 1. The van der Waals surface area contributed by atoms with E-state index in [1.165, 1.54) is 33.7 Å². The SMILES string of the molecule is CNC(=O)C1CN(S(=O)(=O)c2ccc3cc(Cl)ccc3c2)CCN1C(=O)c1ncc(C2CCN(C)C2)s1. The number of nitrogens with zero attached hydrogens (tertiary/aromatic N) is 4. The van der Waals surface area contributed by atoms with Crippen LogP contribution in [-0.4, -0.2) is 92.2 Å². The summed E-state index contributed by atoms with van der Waals surface area (Å²) in [5.74, 6) is -0.426. The summed E-state index contributed by atoms with van der Waals surface area (Å²) in [6, 6.07) is 9.14.